The molecular formula is C18H25ClFNO3. The molecule has 1 aromatic carbocycles. The molecule has 3 atom stereocenters. The van der Waals surface area contributed by atoms with Gasteiger partial charge >= 0.3 is 0 Å². The standard InChI is InChI=1S/C18H25ClFNO3/c1-23-18-6-5-13(24-10-9-22)11-17(18)21(8-7-18)12-14-15(19)3-2-4-16(14)20/h2-4,13,17,22H,5-12H2,1H3/t13-,17-,18+/m0/s1. The third-order valence-electron chi connectivity index (χ3n) is 5.52. The highest BCUT2D eigenvalue weighted by Gasteiger charge is 2.51. The Labute approximate surface area is 147 Å². The summed E-state index contributed by atoms with van der Waals surface area (Å²) in [6.45, 7) is 1.73. The molecule has 24 heavy (non-hydrogen) atoms. The van der Waals surface area contributed by atoms with Gasteiger partial charge in [0.05, 0.1) is 24.9 Å². The van der Waals surface area contributed by atoms with Crippen LogP contribution in [0.2, 0.25) is 5.02 Å². The van der Waals surface area contributed by atoms with Gasteiger partial charge < -0.3 is 14.6 Å². The van der Waals surface area contributed by atoms with Crippen molar-refractivity contribution in [3.05, 3.63) is 34.6 Å². The second-order valence-corrected chi connectivity index (χ2v) is 7.10. The van der Waals surface area contributed by atoms with Crippen LogP contribution >= 0.6 is 11.6 Å². The van der Waals surface area contributed by atoms with Crippen molar-refractivity contribution in [2.24, 2.45) is 0 Å². The lowest BCUT2D eigenvalue weighted by molar-refractivity contribution is -0.104. The van der Waals surface area contributed by atoms with Crippen LogP contribution in [0.15, 0.2) is 18.2 Å². The van der Waals surface area contributed by atoms with Crippen LogP contribution in [0.4, 0.5) is 4.39 Å². The SMILES string of the molecule is CO[C@@]12CC[C@H](OCCO)C[C@@H]1N(Cc1c(F)cccc1Cl)CC2. The molecule has 1 heterocycles. The van der Waals surface area contributed by atoms with Crippen LogP contribution in [-0.2, 0) is 16.0 Å². The maximum absolute atomic E-state index is 14.2. The summed E-state index contributed by atoms with van der Waals surface area (Å²) < 4.78 is 25.8. The van der Waals surface area contributed by atoms with E-state index in [1.165, 1.54) is 6.07 Å². The van der Waals surface area contributed by atoms with Crippen molar-refractivity contribution in [1.29, 1.82) is 0 Å². The highest BCUT2D eigenvalue weighted by molar-refractivity contribution is 6.31. The summed E-state index contributed by atoms with van der Waals surface area (Å²) in [6.07, 6.45) is 3.74. The number of hydrogen-bond acceptors (Lipinski definition) is 4. The number of methoxy groups -OCH3 is 1. The van der Waals surface area contributed by atoms with Crippen LogP contribution in [0.3, 0.4) is 0 Å². The zero-order valence-electron chi connectivity index (χ0n) is 14.0. The minimum atomic E-state index is -0.263. The molecule has 2 aliphatic rings. The molecule has 1 saturated heterocycles. The lowest BCUT2D eigenvalue weighted by Crippen LogP contribution is -2.51. The lowest BCUT2D eigenvalue weighted by Gasteiger charge is -2.43. The molecule has 1 saturated carbocycles. The zero-order valence-corrected chi connectivity index (χ0v) is 14.8. The second kappa shape index (κ2) is 7.67. The third-order valence-corrected chi connectivity index (χ3v) is 5.87. The Morgan fingerprint density at radius 3 is 2.96 bits per heavy atom. The number of benzene rings is 1. The van der Waals surface area contributed by atoms with Gasteiger partial charge in [-0.1, -0.05) is 17.7 Å². The summed E-state index contributed by atoms with van der Waals surface area (Å²) in [4.78, 5) is 2.27. The van der Waals surface area contributed by atoms with E-state index in [1.54, 1.807) is 19.2 Å². The van der Waals surface area contributed by atoms with Crippen molar-refractivity contribution in [2.75, 3.05) is 26.9 Å². The number of halogens is 2. The summed E-state index contributed by atoms with van der Waals surface area (Å²) in [5, 5.41) is 9.44. The topological polar surface area (TPSA) is 41.9 Å². The van der Waals surface area contributed by atoms with Gasteiger partial charge in [0, 0.05) is 36.8 Å². The van der Waals surface area contributed by atoms with Gasteiger partial charge in [0.2, 0.25) is 0 Å². The van der Waals surface area contributed by atoms with Crippen molar-refractivity contribution >= 4 is 11.6 Å². The molecule has 0 bridgehead atoms. The Balaban J connectivity index is 1.76. The summed E-state index contributed by atoms with van der Waals surface area (Å²) in [5.41, 5.74) is 0.362. The molecule has 0 radical (unpaired) electrons. The van der Waals surface area contributed by atoms with Crippen LogP contribution in [0.1, 0.15) is 31.2 Å². The molecule has 1 aliphatic carbocycles. The molecule has 3 rings (SSSR count). The average molecular weight is 358 g/mol. The summed E-state index contributed by atoms with van der Waals surface area (Å²) in [6, 6.07) is 4.99. The van der Waals surface area contributed by atoms with E-state index in [4.69, 9.17) is 26.2 Å². The van der Waals surface area contributed by atoms with Crippen LogP contribution in [0, 0.1) is 5.82 Å². The Bertz CT molecular complexity index is 553. The maximum atomic E-state index is 14.2. The molecular weight excluding hydrogens is 333 g/mol. The number of aliphatic hydroxyl groups is 1. The second-order valence-electron chi connectivity index (χ2n) is 6.70. The summed E-state index contributed by atoms with van der Waals surface area (Å²) in [7, 11) is 1.77. The normalized spacial score (nSPS) is 30.5. The van der Waals surface area contributed by atoms with Crippen LogP contribution in [-0.4, -0.2) is 54.6 Å². The molecule has 2 fully saturated rings. The van der Waals surface area contributed by atoms with E-state index in [-0.39, 0.29) is 30.2 Å². The van der Waals surface area contributed by atoms with Crippen LogP contribution in [0.25, 0.3) is 0 Å². The van der Waals surface area contributed by atoms with E-state index in [2.05, 4.69) is 4.90 Å². The molecule has 1 aliphatic heterocycles. The van der Waals surface area contributed by atoms with Gasteiger partial charge in [0.15, 0.2) is 0 Å². The van der Waals surface area contributed by atoms with Crippen LogP contribution in [0.5, 0.6) is 0 Å². The lowest BCUT2D eigenvalue weighted by atomic mass is 9.79. The van der Waals surface area contributed by atoms with Crippen molar-refractivity contribution in [2.45, 2.75) is 50.0 Å². The first kappa shape index (κ1) is 18.1. The van der Waals surface area contributed by atoms with Gasteiger partial charge in [-0.15, -0.1) is 0 Å². The molecule has 1 aromatic rings. The van der Waals surface area contributed by atoms with Crippen molar-refractivity contribution in [3.63, 3.8) is 0 Å². The summed E-state index contributed by atoms with van der Waals surface area (Å²) in [5.74, 6) is -0.263. The number of hydrogen-bond donors (Lipinski definition) is 1. The van der Waals surface area contributed by atoms with E-state index in [9.17, 15) is 4.39 Å². The number of likely N-dealkylation sites (tertiary alicyclic amines) is 1. The number of rotatable bonds is 6. The van der Waals surface area contributed by atoms with Crippen LogP contribution < -0.4 is 0 Å². The number of aliphatic hydroxyl groups excluding tert-OH is 1. The maximum Gasteiger partial charge on any atom is 0.129 e. The monoisotopic (exact) mass is 357 g/mol. The minimum Gasteiger partial charge on any atom is -0.394 e. The Hall–Kier alpha value is -0.720. The highest BCUT2D eigenvalue weighted by Crippen LogP contribution is 2.44. The highest BCUT2D eigenvalue weighted by atomic mass is 35.5. The van der Waals surface area contributed by atoms with Crippen molar-refractivity contribution < 1.29 is 19.0 Å². The van der Waals surface area contributed by atoms with E-state index in [1.807, 2.05) is 0 Å². The van der Waals surface area contributed by atoms with Gasteiger partial charge in [0.25, 0.3) is 0 Å². The molecule has 1 N–H and O–H groups in total. The number of ether oxygens (including phenoxy) is 2. The van der Waals surface area contributed by atoms with Gasteiger partial charge in [-0.3, -0.25) is 4.90 Å². The van der Waals surface area contributed by atoms with Crippen molar-refractivity contribution in [3.8, 4) is 0 Å². The number of nitrogens with zero attached hydrogens (tertiary/aromatic N) is 1. The quantitative estimate of drug-likeness (QED) is 0.849. The summed E-state index contributed by atoms with van der Waals surface area (Å²) >= 11 is 6.20. The molecule has 6 heteroatoms. The molecule has 0 aromatic heterocycles. The molecule has 0 amide bonds. The van der Waals surface area contributed by atoms with Crippen molar-refractivity contribution in [1.82, 2.24) is 4.90 Å². The molecule has 134 valence electrons. The number of fused-ring (bicyclic) bond motifs is 1. The van der Waals surface area contributed by atoms with E-state index in [0.29, 0.717) is 23.7 Å². The fourth-order valence-electron chi connectivity index (χ4n) is 4.20. The first-order valence-corrected chi connectivity index (χ1v) is 8.92. The minimum absolute atomic E-state index is 0.0329. The Kier molecular flexibility index (Phi) is 5.78. The third kappa shape index (κ3) is 3.46. The predicted molar refractivity (Wildman–Crippen MR) is 90.6 cm³/mol. The van der Waals surface area contributed by atoms with E-state index in [0.717, 1.165) is 32.2 Å². The smallest absolute Gasteiger partial charge is 0.129 e. The Morgan fingerprint density at radius 2 is 2.25 bits per heavy atom. The average Bonchev–Trinajstić information content (AvgIpc) is 2.95. The largest absolute Gasteiger partial charge is 0.394 e. The zero-order chi connectivity index (χ0) is 17.2. The first-order chi connectivity index (χ1) is 11.6. The van der Waals surface area contributed by atoms with Gasteiger partial charge in [-0.25, -0.2) is 4.39 Å². The predicted octanol–water partition coefficient (Wildman–Crippen LogP) is 3.00. The molecule has 0 unspecified atom stereocenters. The molecule has 4 nitrogen and oxygen atoms in total. The fraction of sp³-hybridized carbons (Fsp3) is 0.667. The van der Waals surface area contributed by atoms with E-state index < -0.39 is 0 Å². The fourth-order valence-corrected chi connectivity index (χ4v) is 4.43. The van der Waals surface area contributed by atoms with Gasteiger partial charge in [-0.05, 0) is 37.8 Å². The van der Waals surface area contributed by atoms with Gasteiger partial charge in [0.1, 0.15) is 5.82 Å². The first-order valence-electron chi connectivity index (χ1n) is 8.54. The Morgan fingerprint density at radius 1 is 1.42 bits per heavy atom. The molecule has 0 spiro atoms. The van der Waals surface area contributed by atoms with Gasteiger partial charge in [-0.2, -0.15) is 0 Å². The van der Waals surface area contributed by atoms with E-state index >= 15 is 0 Å².